The van der Waals surface area contributed by atoms with Gasteiger partial charge in [0.15, 0.2) is 0 Å². The van der Waals surface area contributed by atoms with Crippen molar-refractivity contribution < 1.29 is 9.18 Å². The number of halogens is 1. The molecular formula is C12H13FN4O. The maximum absolute atomic E-state index is 13.1. The highest BCUT2D eigenvalue weighted by Crippen LogP contribution is 2.11. The van der Waals surface area contributed by atoms with Gasteiger partial charge in [0.2, 0.25) is 0 Å². The average molecular weight is 248 g/mol. The van der Waals surface area contributed by atoms with Crippen LogP contribution in [0.5, 0.6) is 0 Å². The molecule has 1 amide bonds. The van der Waals surface area contributed by atoms with Crippen LogP contribution >= 0.6 is 0 Å². The lowest BCUT2D eigenvalue weighted by Gasteiger charge is -2.11. The van der Waals surface area contributed by atoms with E-state index in [0.717, 1.165) is 0 Å². The van der Waals surface area contributed by atoms with Gasteiger partial charge in [0.05, 0.1) is 6.04 Å². The second kappa shape index (κ2) is 4.95. The third-order valence-electron chi connectivity index (χ3n) is 2.61. The van der Waals surface area contributed by atoms with Crippen LogP contribution in [0.25, 0.3) is 0 Å². The normalized spacial score (nSPS) is 12.2. The zero-order valence-corrected chi connectivity index (χ0v) is 10.1. The quantitative estimate of drug-likeness (QED) is 0.869. The van der Waals surface area contributed by atoms with Crippen LogP contribution in [0, 0.1) is 12.7 Å². The third kappa shape index (κ3) is 2.53. The molecule has 2 aromatic rings. The Bertz CT molecular complexity index is 553. The molecule has 0 fully saturated rings. The third-order valence-corrected chi connectivity index (χ3v) is 2.61. The van der Waals surface area contributed by atoms with Crippen molar-refractivity contribution in [2.45, 2.75) is 19.9 Å². The van der Waals surface area contributed by atoms with E-state index in [1.807, 2.05) is 0 Å². The summed E-state index contributed by atoms with van der Waals surface area (Å²) < 4.78 is 13.1. The van der Waals surface area contributed by atoms with E-state index in [-0.39, 0.29) is 17.8 Å². The number of amides is 1. The molecule has 94 valence electrons. The van der Waals surface area contributed by atoms with Gasteiger partial charge in [0, 0.05) is 5.56 Å². The van der Waals surface area contributed by atoms with Gasteiger partial charge in [-0.05, 0) is 37.6 Å². The highest BCUT2D eigenvalue weighted by Gasteiger charge is 2.14. The Morgan fingerprint density at radius 1 is 1.50 bits per heavy atom. The Kier molecular flexibility index (Phi) is 3.36. The van der Waals surface area contributed by atoms with Crippen LogP contribution in [0.4, 0.5) is 4.39 Å². The lowest BCUT2D eigenvalue weighted by molar-refractivity contribution is 0.0938. The standard InChI is InChI=1S/C12H13FN4O/c1-7-5-9(3-4-10(7)13)12(18)16-8(2)11-14-6-15-17-11/h3-6,8H,1-2H3,(H,16,18)(H,14,15,17). The summed E-state index contributed by atoms with van der Waals surface area (Å²) >= 11 is 0. The Labute approximate surface area is 103 Å². The summed E-state index contributed by atoms with van der Waals surface area (Å²) in [5.74, 6) is -0.0287. The van der Waals surface area contributed by atoms with Gasteiger partial charge in [0.25, 0.3) is 5.91 Å². The number of rotatable bonds is 3. The zero-order valence-electron chi connectivity index (χ0n) is 10.1. The molecule has 0 bridgehead atoms. The number of nitrogens with zero attached hydrogens (tertiary/aromatic N) is 2. The van der Waals surface area contributed by atoms with Gasteiger partial charge in [-0.15, -0.1) is 0 Å². The summed E-state index contributed by atoms with van der Waals surface area (Å²) in [6, 6.07) is 3.96. The number of carbonyl (C=O) groups excluding carboxylic acids is 1. The molecule has 2 N–H and O–H groups in total. The molecule has 0 saturated heterocycles. The molecule has 0 radical (unpaired) electrons. The number of aromatic nitrogens is 3. The Hall–Kier alpha value is -2.24. The van der Waals surface area contributed by atoms with Crippen molar-refractivity contribution >= 4 is 5.91 Å². The van der Waals surface area contributed by atoms with E-state index >= 15 is 0 Å². The van der Waals surface area contributed by atoms with E-state index in [2.05, 4.69) is 20.5 Å². The minimum Gasteiger partial charge on any atom is -0.342 e. The van der Waals surface area contributed by atoms with Gasteiger partial charge < -0.3 is 5.32 Å². The number of hydrogen-bond acceptors (Lipinski definition) is 3. The first-order valence-electron chi connectivity index (χ1n) is 5.50. The van der Waals surface area contributed by atoms with Crippen molar-refractivity contribution in [1.82, 2.24) is 20.5 Å². The molecule has 0 aliphatic heterocycles. The van der Waals surface area contributed by atoms with Crippen LogP contribution < -0.4 is 5.32 Å². The van der Waals surface area contributed by atoms with Crippen LogP contribution in [0.3, 0.4) is 0 Å². The minimum absolute atomic E-state index is 0.276. The van der Waals surface area contributed by atoms with Crippen LogP contribution in [-0.4, -0.2) is 21.1 Å². The van der Waals surface area contributed by atoms with Gasteiger partial charge in [0.1, 0.15) is 18.0 Å². The molecule has 0 aliphatic carbocycles. The monoisotopic (exact) mass is 248 g/mol. The number of H-pyrrole nitrogens is 1. The minimum atomic E-state index is -0.324. The summed E-state index contributed by atoms with van der Waals surface area (Å²) in [4.78, 5) is 15.9. The van der Waals surface area contributed by atoms with Crippen molar-refractivity contribution in [3.05, 3.63) is 47.3 Å². The van der Waals surface area contributed by atoms with Crippen LogP contribution in [-0.2, 0) is 0 Å². The van der Waals surface area contributed by atoms with E-state index in [0.29, 0.717) is 17.0 Å². The maximum Gasteiger partial charge on any atom is 0.251 e. The van der Waals surface area contributed by atoms with E-state index in [1.165, 1.54) is 24.5 Å². The molecule has 2 rings (SSSR count). The molecular weight excluding hydrogens is 235 g/mol. The fraction of sp³-hybridized carbons (Fsp3) is 0.250. The molecule has 1 unspecified atom stereocenters. The van der Waals surface area contributed by atoms with E-state index in [4.69, 9.17) is 0 Å². The summed E-state index contributed by atoms with van der Waals surface area (Å²) in [7, 11) is 0. The molecule has 6 heteroatoms. The second-order valence-corrected chi connectivity index (χ2v) is 4.03. The predicted molar refractivity (Wildman–Crippen MR) is 63.4 cm³/mol. The van der Waals surface area contributed by atoms with Gasteiger partial charge in [-0.1, -0.05) is 0 Å². The smallest absolute Gasteiger partial charge is 0.251 e. The van der Waals surface area contributed by atoms with E-state index in [1.54, 1.807) is 13.8 Å². The lowest BCUT2D eigenvalue weighted by atomic mass is 10.1. The number of aryl methyl sites for hydroxylation is 1. The maximum atomic E-state index is 13.1. The lowest BCUT2D eigenvalue weighted by Crippen LogP contribution is -2.27. The van der Waals surface area contributed by atoms with Crippen molar-refractivity contribution in [1.29, 1.82) is 0 Å². The largest absolute Gasteiger partial charge is 0.342 e. The summed E-state index contributed by atoms with van der Waals surface area (Å²) in [6.45, 7) is 3.40. The Balaban J connectivity index is 2.10. The van der Waals surface area contributed by atoms with Gasteiger partial charge in [-0.2, -0.15) is 5.10 Å². The predicted octanol–water partition coefficient (Wildman–Crippen LogP) is 1.74. The van der Waals surface area contributed by atoms with E-state index < -0.39 is 0 Å². The Morgan fingerprint density at radius 2 is 2.28 bits per heavy atom. The van der Waals surface area contributed by atoms with Crippen molar-refractivity contribution in [3.8, 4) is 0 Å². The fourth-order valence-corrected chi connectivity index (χ4v) is 1.56. The zero-order chi connectivity index (χ0) is 13.1. The second-order valence-electron chi connectivity index (χ2n) is 4.03. The highest BCUT2D eigenvalue weighted by molar-refractivity contribution is 5.94. The first kappa shape index (κ1) is 12.2. The highest BCUT2D eigenvalue weighted by atomic mass is 19.1. The van der Waals surface area contributed by atoms with Crippen molar-refractivity contribution in [2.24, 2.45) is 0 Å². The molecule has 0 aliphatic rings. The van der Waals surface area contributed by atoms with Crippen LogP contribution in [0.15, 0.2) is 24.5 Å². The number of nitrogens with one attached hydrogen (secondary N) is 2. The number of benzene rings is 1. The number of carbonyl (C=O) groups is 1. The van der Waals surface area contributed by atoms with Gasteiger partial charge >= 0.3 is 0 Å². The van der Waals surface area contributed by atoms with Crippen molar-refractivity contribution in [2.75, 3.05) is 0 Å². The first-order valence-corrected chi connectivity index (χ1v) is 5.50. The van der Waals surface area contributed by atoms with Crippen LogP contribution in [0.1, 0.15) is 34.7 Å². The summed E-state index contributed by atoms with van der Waals surface area (Å²) in [5, 5.41) is 9.14. The van der Waals surface area contributed by atoms with Gasteiger partial charge in [-0.25, -0.2) is 9.37 Å². The fourth-order valence-electron chi connectivity index (χ4n) is 1.56. The molecule has 1 atom stereocenters. The van der Waals surface area contributed by atoms with Crippen molar-refractivity contribution in [3.63, 3.8) is 0 Å². The number of hydrogen-bond donors (Lipinski definition) is 2. The van der Waals surface area contributed by atoms with E-state index in [9.17, 15) is 9.18 Å². The molecule has 1 aromatic carbocycles. The Morgan fingerprint density at radius 3 is 2.89 bits per heavy atom. The molecule has 0 saturated carbocycles. The molecule has 0 spiro atoms. The molecule has 5 nitrogen and oxygen atoms in total. The summed E-state index contributed by atoms with van der Waals surface area (Å²) in [6.07, 6.45) is 1.38. The molecule has 1 aromatic heterocycles. The first-order chi connectivity index (χ1) is 8.58. The number of aromatic amines is 1. The topological polar surface area (TPSA) is 70.7 Å². The average Bonchev–Trinajstić information content (AvgIpc) is 2.86. The van der Waals surface area contributed by atoms with Gasteiger partial charge in [-0.3, -0.25) is 9.89 Å². The molecule has 1 heterocycles. The molecule has 18 heavy (non-hydrogen) atoms. The summed E-state index contributed by atoms with van der Waals surface area (Å²) in [5.41, 5.74) is 0.857. The van der Waals surface area contributed by atoms with Crippen LogP contribution in [0.2, 0.25) is 0 Å². The SMILES string of the molecule is Cc1cc(C(=O)NC(C)c2ncn[nH]2)ccc1F.